The molecule has 2 fully saturated rings. The number of amides is 1. The van der Waals surface area contributed by atoms with E-state index in [1.807, 2.05) is 12.1 Å². The van der Waals surface area contributed by atoms with E-state index in [9.17, 15) is 4.79 Å². The Morgan fingerprint density at radius 3 is 2.65 bits per heavy atom. The summed E-state index contributed by atoms with van der Waals surface area (Å²) in [5, 5.41) is 11.8. The van der Waals surface area contributed by atoms with Crippen molar-refractivity contribution in [2.75, 3.05) is 6.61 Å². The molecule has 0 heterocycles. The minimum absolute atomic E-state index is 0.0178. The lowest BCUT2D eigenvalue weighted by Crippen LogP contribution is -2.38. The van der Waals surface area contributed by atoms with Crippen LogP contribution in [-0.2, 0) is 0 Å². The molecule has 1 aromatic carbocycles. The van der Waals surface area contributed by atoms with Gasteiger partial charge >= 0.3 is 0 Å². The lowest BCUT2D eigenvalue weighted by Gasteiger charge is -2.22. The van der Waals surface area contributed by atoms with E-state index in [0.717, 1.165) is 17.9 Å². The number of hydrogen-bond acceptors (Lipinski definition) is 2. The number of hydrogen-bond donors (Lipinski definition) is 2. The summed E-state index contributed by atoms with van der Waals surface area (Å²) in [5.41, 5.74) is 1.50. The molecule has 2 N–H and O–H groups in total. The number of aliphatic hydroxyl groups is 1. The Morgan fingerprint density at radius 1 is 1.25 bits per heavy atom. The monoisotopic (exact) mass is 269 g/mol. The predicted molar refractivity (Wildman–Crippen MR) is 77.1 cm³/mol. The maximum absolute atomic E-state index is 12.2. The van der Waals surface area contributed by atoms with Gasteiger partial charge in [0, 0.05) is 17.2 Å². The largest absolute Gasteiger partial charge is 0.384 e. The maximum Gasteiger partial charge on any atom is 0.251 e. The second kappa shape index (κ2) is 5.68. The van der Waals surface area contributed by atoms with Gasteiger partial charge in [-0.05, 0) is 55.4 Å². The Morgan fingerprint density at radius 2 is 2.05 bits per heavy atom. The summed E-state index contributed by atoms with van der Waals surface area (Å²) in [6, 6.07) is 7.60. The van der Waals surface area contributed by atoms with Crippen molar-refractivity contribution in [3.8, 4) is 11.8 Å². The van der Waals surface area contributed by atoms with Gasteiger partial charge in [0.15, 0.2) is 0 Å². The third kappa shape index (κ3) is 2.71. The van der Waals surface area contributed by atoms with E-state index in [1.165, 1.54) is 19.3 Å². The van der Waals surface area contributed by atoms with Crippen molar-refractivity contribution < 1.29 is 9.90 Å². The highest BCUT2D eigenvalue weighted by molar-refractivity contribution is 5.94. The number of nitrogens with one attached hydrogen (secondary N) is 1. The highest BCUT2D eigenvalue weighted by atomic mass is 16.2. The molecule has 3 rings (SSSR count). The van der Waals surface area contributed by atoms with Crippen LogP contribution < -0.4 is 5.32 Å². The first kappa shape index (κ1) is 13.2. The van der Waals surface area contributed by atoms with Crippen LogP contribution in [0.4, 0.5) is 0 Å². The fourth-order valence-electron chi connectivity index (χ4n) is 3.52. The number of carbonyl (C=O) groups is 1. The van der Waals surface area contributed by atoms with E-state index in [1.54, 1.807) is 12.1 Å². The van der Waals surface area contributed by atoms with Crippen LogP contribution >= 0.6 is 0 Å². The fraction of sp³-hybridized carbons (Fsp3) is 0.471. The summed E-state index contributed by atoms with van der Waals surface area (Å²) < 4.78 is 0. The van der Waals surface area contributed by atoms with E-state index in [4.69, 9.17) is 5.11 Å². The maximum atomic E-state index is 12.2. The van der Waals surface area contributed by atoms with Crippen LogP contribution in [-0.4, -0.2) is 23.7 Å². The Bertz CT molecular complexity index is 553. The van der Waals surface area contributed by atoms with Crippen molar-refractivity contribution in [3.63, 3.8) is 0 Å². The van der Waals surface area contributed by atoms with Crippen LogP contribution in [0.1, 0.15) is 41.6 Å². The van der Waals surface area contributed by atoms with Crippen LogP contribution in [0.5, 0.6) is 0 Å². The van der Waals surface area contributed by atoms with Crippen molar-refractivity contribution >= 4 is 5.91 Å². The first-order valence-electron chi connectivity index (χ1n) is 7.27. The van der Waals surface area contributed by atoms with Gasteiger partial charge in [-0.25, -0.2) is 0 Å². The Kier molecular flexibility index (Phi) is 3.75. The van der Waals surface area contributed by atoms with Gasteiger partial charge in [-0.3, -0.25) is 4.79 Å². The highest BCUT2D eigenvalue weighted by Gasteiger charge is 2.40. The minimum atomic E-state index is -0.146. The van der Waals surface area contributed by atoms with Crippen LogP contribution in [0.25, 0.3) is 0 Å². The topological polar surface area (TPSA) is 49.3 Å². The molecule has 104 valence electrons. The van der Waals surface area contributed by atoms with Gasteiger partial charge in [0.05, 0.1) is 0 Å². The second-order valence-electron chi connectivity index (χ2n) is 5.79. The Hall–Kier alpha value is -1.79. The summed E-state index contributed by atoms with van der Waals surface area (Å²) >= 11 is 0. The van der Waals surface area contributed by atoms with Gasteiger partial charge in [0.1, 0.15) is 6.61 Å². The molecular formula is C17H19NO2. The van der Waals surface area contributed by atoms with Crippen molar-refractivity contribution in [3.05, 3.63) is 35.4 Å². The van der Waals surface area contributed by atoms with Gasteiger partial charge in [0.25, 0.3) is 5.91 Å². The highest BCUT2D eigenvalue weighted by Crippen LogP contribution is 2.44. The molecule has 3 atom stereocenters. The first-order valence-corrected chi connectivity index (χ1v) is 7.27. The van der Waals surface area contributed by atoms with Gasteiger partial charge in [-0.15, -0.1) is 0 Å². The molecule has 0 radical (unpaired) electrons. The molecule has 1 aromatic rings. The summed E-state index contributed by atoms with van der Waals surface area (Å²) in [6.45, 7) is -0.146. The average Bonchev–Trinajstić information content (AvgIpc) is 3.08. The number of carbonyl (C=O) groups excluding carboxylic acids is 1. The molecule has 1 amide bonds. The number of fused-ring (bicyclic) bond motifs is 2. The van der Waals surface area contributed by atoms with Gasteiger partial charge in [-0.2, -0.15) is 0 Å². The molecule has 2 saturated carbocycles. The Balaban J connectivity index is 1.62. The SMILES string of the molecule is O=C(NC1CC2CCC1C2)c1ccc(C#CCO)cc1. The van der Waals surface area contributed by atoms with Crippen LogP contribution in [0.15, 0.2) is 24.3 Å². The van der Waals surface area contributed by atoms with Crippen molar-refractivity contribution in [2.24, 2.45) is 11.8 Å². The predicted octanol–water partition coefficient (Wildman–Crippen LogP) is 1.95. The van der Waals surface area contributed by atoms with Crippen molar-refractivity contribution in [2.45, 2.75) is 31.7 Å². The lowest BCUT2D eigenvalue weighted by molar-refractivity contribution is 0.0923. The Labute approximate surface area is 119 Å². The van der Waals surface area contributed by atoms with Gasteiger partial charge < -0.3 is 10.4 Å². The first-order chi connectivity index (χ1) is 9.76. The van der Waals surface area contributed by atoms with Gasteiger partial charge in [-0.1, -0.05) is 18.3 Å². The van der Waals surface area contributed by atoms with E-state index >= 15 is 0 Å². The molecule has 3 nitrogen and oxygen atoms in total. The molecule has 0 spiro atoms. The number of rotatable bonds is 2. The standard InChI is InChI=1S/C17H19NO2/c19-9-1-2-12-3-6-14(7-4-12)17(20)18-16-11-13-5-8-15(16)10-13/h3-4,6-7,13,15-16,19H,5,8-11H2,(H,18,20). The average molecular weight is 269 g/mol. The third-order valence-corrected chi connectivity index (χ3v) is 4.51. The molecular weight excluding hydrogens is 250 g/mol. The summed E-state index contributed by atoms with van der Waals surface area (Å²) in [6.07, 6.45) is 5.05. The van der Waals surface area contributed by atoms with E-state index < -0.39 is 0 Å². The molecule has 2 aliphatic carbocycles. The van der Waals surface area contributed by atoms with Gasteiger partial charge in [0.2, 0.25) is 0 Å². The lowest BCUT2D eigenvalue weighted by atomic mass is 9.95. The van der Waals surface area contributed by atoms with E-state index in [0.29, 0.717) is 17.5 Å². The van der Waals surface area contributed by atoms with Crippen LogP contribution in [0.3, 0.4) is 0 Å². The molecule has 0 saturated heterocycles. The molecule has 3 heteroatoms. The van der Waals surface area contributed by atoms with Crippen LogP contribution in [0.2, 0.25) is 0 Å². The normalized spacial score (nSPS) is 26.9. The molecule has 20 heavy (non-hydrogen) atoms. The summed E-state index contributed by atoms with van der Waals surface area (Å²) in [7, 11) is 0. The molecule has 2 bridgehead atoms. The zero-order chi connectivity index (χ0) is 13.9. The zero-order valence-corrected chi connectivity index (χ0v) is 11.4. The molecule has 3 unspecified atom stereocenters. The minimum Gasteiger partial charge on any atom is -0.384 e. The number of aliphatic hydroxyl groups excluding tert-OH is 1. The third-order valence-electron chi connectivity index (χ3n) is 4.51. The molecule has 2 aliphatic rings. The van der Waals surface area contributed by atoms with Crippen molar-refractivity contribution in [1.29, 1.82) is 0 Å². The quantitative estimate of drug-likeness (QED) is 0.806. The summed E-state index contributed by atoms with van der Waals surface area (Å²) in [4.78, 5) is 12.2. The zero-order valence-electron chi connectivity index (χ0n) is 11.4. The molecule has 0 aliphatic heterocycles. The van der Waals surface area contributed by atoms with Crippen molar-refractivity contribution in [1.82, 2.24) is 5.32 Å². The summed E-state index contributed by atoms with van der Waals surface area (Å²) in [5.74, 6) is 6.96. The smallest absolute Gasteiger partial charge is 0.251 e. The fourth-order valence-corrected chi connectivity index (χ4v) is 3.52. The second-order valence-corrected chi connectivity index (χ2v) is 5.79. The van der Waals surface area contributed by atoms with Crippen LogP contribution in [0, 0.1) is 23.7 Å². The van der Waals surface area contributed by atoms with E-state index in [-0.39, 0.29) is 12.5 Å². The van der Waals surface area contributed by atoms with E-state index in [2.05, 4.69) is 17.2 Å². The molecule has 0 aromatic heterocycles. The number of benzene rings is 1.